The van der Waals surface area contributed by atoms with Crippen LogP contribution in [0.2, 0.25) is 0 Å². The molecule has 1 aromatic carbocycles. The molecule has 1 N–H and O–H groups in total. The fourth-order valence-electron chi connectivity index (χ4n) is 4.08. The van der Waals surface area contributed by atoms with Gasteiger partial charge in [0.05, 0.1) is 0 Å². The van der Waals surface area contributed by atoms with E-state index in [0.717, 1.165) is 39.4 Å². The highest BCUT2D eigenvalue weighted by molar-refractivity contribution is 7.98. The van der Waals surface area contributed by atoms with Crippen molar-refractivity contribution >= 4 is 34.8 Å². The topological polar surface area (TPSA) is 59.8 Å². The standard InChI is InChI=1S/C22H22N4OS2/c1-22(2)11-15-18(16(27)12-22)19(17-9-6-10-28-17)26-20(23-15)24-21(25-26)29-13-14-7-4-3-5-8-14/h3-10,19H,11-13H2,1-2H3,(H,23,24,25). The maximum absolute atomic E-state index is 13.1. The van der Waals surface area contributed by atoms with Gasteiger partial charge in [0.25, 0.3) is 0 Å². The lowest BCUT2D eigenvalue weighted by Gasteiger charge is -2.37. The Bertz CT molecular complexity index is 1080. The van der Waals surface area contributed by atoms with Crippen LogP contribution in [0.3, 0.4) is 0 Å². The van der Waals surface area contributed by atoms with E-state index in [1.54, 1.807) is 23.1 Å². The lowest BCUT2D eigenvalue weighted by molar-refractivity contribution is -0.118. The largest absolute Gasteiger partial charge is 0.328 e. The zero-order valence-electron chi connectivity index (χ0n) is 16.4. The Morgan fingerprint density at radius 2 is 2.03 bits per heavy atom. The number of hydrogen-bond donors (Lipinski definition) is 1. The van der Waals surface area contributed by atoms with Crippen molar-refractivity contribution in [3.05, 3.63) is 69.6 Å². The van der Waals surface area contributed by atoms with Gasteiger partial charge in [-0.1, -0.05) is 62.0 Å². The van der Waals surface area contributed by atoms with Crippen LogP contribution in [0.5, 0.6) is 0 Å². The number of anilines is 1. The molecule has 2 aromatic heterocycles. The van der Waals surface area contributed by atoms with Crippen LogP contribution in [0.15, 0.2) is 64.3 Å². The van der Waals surface area contributed by atoms with E-state index in [2.05, 4.69) is 42.7 Å². The van der Waals surface area contributed by atoms with Crippen LogP contribution < -0.4 is 5.32 Å². The van der Waals surface area contributed by atoms with Crippen LogP contribution >= 0.6 is 23.1 Å². The number of ketones is 1. The summed E-state index contributed by atoms with van der Waals surface area (Å²) in [6.07, 6.45) is 1.41. The van der Waals surface area contributed by atoms with Crippen LogP contribution in [0.1, 0.15) is 43.2 Å². The maximum atomic E-state index is 13.1. The quantitative estimate of drug-likeness (QED) is 0.579. The predicted molar refractivity (Wildman–Crippen MR) is 117 cm³/mol. The first-order chi connectivity index (χ1) is 14.0. The Balaban J connectivity index is 1.51. The normalized spacial score (nSPS) is 20.2. The van der Waals surface area contributed by atoms with Gasteiger partial charge in [0.15, 0.2) is 5.78 Å². The molecular formula is C22H22N4OS2. The molecule has 0 fully saturated rings. The van der Waals surface area contributed by atoms with Crippen molar-refractivity contribution in [1.29, 1.82) is 0 Å². The molecule has 0 spiro atoms. The molecule has 5 rings (SSSR count). The third-order valence-corrected chi connectivity index (χ3v) is 7.17. The Morgan fingerprint density at radius 1 is 1.21 bits per heavy atom. The van der Waals surface area contributed by atoms with Crippen molar-refractivity contribution in [2.24, 2.45) is 5.41 Å². The van der Waals surface area contributed by atoms with E-state index in [4.69, 9.17) is 10.1 Å². The van der Waals surface area contributed by atoms with E-state index in [0.29, 0.717) is 6.42 Å². The SMILES string of the molecule is CC1(C)CC(=O)C2=C(C1)Nc1nc(SCc3ccccc3)nn1C2c1cccs1. The number of allylic oxidation sites excluding steroid dienone is 2. The predicted octanol–water partition coefficient (Wildman–Crippen LogP) is 5.29. The Hall–Kier alpha value is -2.38. The Kier molecular flexibility index (Phi) is 4.59. The van der Waals surface area contributed by atoms with E-state index in [1.165, 1.54) is 5.56 Å². The van der Waals surface area contributed by atoms with Crippen molar-refractivity contribution in [2.75, 3.05) is 5.32 Å². The highest BCUT2D eigenvalue weighted by Crippen LogP contribution is 2.46. The summed E-state index contributed by atoms with van der Waals surface area (Å²) in [6, 6.07) is 14.2. The first-order valence-electron chi connectivity index (χ1n) is 9.70. The van der Waals surface area contributed by atoms with Crippen LogP contribution in [0, 0.1) is 5.41 Å². The molecular weight excluding hydrogens is 400 g/mol. The smallest absolute Gasteiger partial charge is 0.227 e. The lowest BCUT2D eigenvalue weighted by Crippen LogP contribution is -2.36. The van der Waals surface area contributed by atoms with Gasteiger partial charge in [-0.25, -0.2) is 4.68 Å². The van der Waals surface area contributed by atoms with E-state index in [1.807, 2.05) is 28.9 Å². The molecule has 29 heavy (non-hydrogen) atoms. The summed E-state index contributed by atoms with van der Waals surface area (Å²) in [5, 5.41) is 11.0. The monoisotopic (exact) mass is 422 g/mol. The molecule has 0 radical (unpaired) electrons. The van der Waals surface area contributed by atoms with E-state index in [9.17, 15) is 4.79 Å². The van der Waals surface area contributed by atoms with Crippen molar-refractivity contribution in [1.82, 2.24) is 14.8 Å². The first-order valence-corrected chi connectivity index (χ1v) is 11.6. The second kappa shape index (κ2) is 7.15. The van der Waals surface area contributed by atoms with Gasteiger partial charge < -0.3 is 5.32 Å². The van der Waals surface area contributed by atoms with Crippen LogP contribution in [0.4, 0.5) is 5.95 Å². The highest BCUT2D eigenvalue weighted by atomic mass is 32.2. The number of Topliss-reactive ketones (excluding diaryl/α,β-unsaturated/α-hetero) is 1. The number of thioether (sulfide) groups is 1. The zero-order valence-corrected chi connectivity index (χ0v) is 18.0. The number of nitrogens with zero attached hydrogens (tertiary/aromatic N) is 3. The molecule has 0 saturated heterocycles. The Labute approximate surface area is 178 Å². The van der Waals surface area contributed by atoms with Gasteiger partial charge >= 0.3 is 0 Å². The summed E-state index contributed by atoms with van der Waals surface area (Å²) >= 11 is 3.28. The zero-order chi connectivity index (χ0) is 20.0. The van der Waals surface area contributed by atoms with Gasteiger partial charge in [0, 0.05) is 28.3 Å². The number of benzene rings is 1. The van der Waals surface area contributed by atoms with Crippen molar-refractivity contribution < 1.29 is 4.79 Å². The molecule has 0 saturated carbocycles. The highest BCUT2D eigenvalue weighted by Gasteiger charge is 2.42. The number of aromatic nitrogens is 3. The molecule has 1 unspecified atom stereocenters. The lowest BCUT2D eigenvalue weighted by atomic mass is 9.73. The summed E-state index contributed by atoms with van der Waals surface area (Å²) < 4.78 is 1.90. The number of nitrogens with one attached hydrogen (secondary N) is 1. The molecule has 7 heteroatoms. The van der Waals surface area contributed by atoms with Crippen molar-refractivity contribution in [3.8, 4) is 0 Å². The summed E-state index contributed by atoms with van der Waals surface area (Å²) in [7, 11) is 0. The molecule has 1 atom stereocenters. The minimum Gasteiger partial charge on any atom is -0.328 e. The first kappa shape index (κ1) is 18.6. The van der Waals surface area contributed by atoms with Crippen LogP contribution in [-0.4, -0.2) is 20.5 Å². The molecule has 0 bridgehead atoms. The summed E-state index contributed by atoms with van der Waals surface area (Å²) in [5.74, 6) is 1.75. The fraction of sp³-hybridized carbons (Fsp3) is 0.318. The van der Waals surface area contributed by atoms with Crippen molar-refractivity contribution in [3.63, 3.8) is 0 Å². The second-order valence-corrected chi connectivity index (χ2v) is 10.2. The molecule has 2 aliphatic rings. The number of fused-ring (bicyclic) bond motifs is 1. The number of carbonyl (C=O) groups is 1. The molecule has 148 valence electrons. The third-order valence-electron chi connectivity index (χ3n) is 5.34. The average Bonchev–Trinajstić information content (AvgIpc) is 3.34. The van der Waals surface area contributed by atoms with Gasteiger partial charge in [-0.2, -0.15) is 4.98 Å². The summed E-state index contributed by atoms with van der Waals surface area (Å²) in [6.45, 7) is 4.30. The number of thiophene rings is 1. The second-order valence-electron chi connectivity index (χ2n) is 8.31. The Morgan fingerprint density at radius 3 is 2.79 bits per heavy atom. The van der Waals surface area contributed by atoms with E-state index in [-0.39, 0.29) is 17.2 Å². The molecule has 3 aromatic rings. The van der Waals surface area contributed by atoms with Gasteiger partial charge in [0.2, 0.25) is 11.1 Å². The molecule has 0 amide bonds. The molecule has 1 aliphatic carbocycles. The van der Waals surface area contributed by atoms with Crippen LogP contribution in [-0.2, 0) is 10.5 Å². The number of rotatable bonds is 4. The summed E-state index contributed by atoms with van der Waals surface area (Å²) in [4.78, 5) is 19.0. The van der Waals surface area contributed by atoms with E-state index >= 15 is 0 Å². The molecule has 5 nitrogen and oxygen atoms in total. The molecule has 3 heterocycles. The number of carbonyl (C=O) groups excluding carboxylic acids is 1. The maximum Gasteiger partial charge on any atom is 0.227 e. The minimum atomic E-state index is -0.191. The van der Waals surface area contributed by atoms with Crippen LogP contribution in [0.25, 0.3) is 0 Å². The minimum absolute atomic E-state index is 0.0456. The molecule has 1 aliphatic heterocycles. The van der Waals surface area contributed by atoms with Crippen molar-refractivity contribution in [2.45, 2.75) is 43.6 Å². The average molecular weight is 423 g/mol. The number of hydrogen-bond acceptors (Lipinski definition) is 6. The summed E-state index contributed by atoms with van der Waals surface area (Å²) in [5.41, 5.74) is 3.05. The van der Waals surface area contributed by atoms with Gasteiger partial charge in [-0.15, -0.1) is 16.4 Å². The van der Waals surface area contributed by atoms with E-state index < -0.39 is 0 Å². The fourth-order valence-corrected chi connectivity index (χ4v) is 5.69. The van der Waals surface area contributed by atoms with Gasteiger partial charge in [0.1, 0.15) is 6.04 Å². The van der Waals surface area contributed by atoms with Gasteiger partial charge in [-0.3, -0.25) is 4.79 Å². The van der Waals surface area contributed by atoms with Gasteiger partial charge in [-0.05, 0) is 28.8 Å². The third kappa shape index (κ3) is 3.53.